The molecule has 1 aromatic rings. The van der Waals surface area contributed by atoms with E-state index in [1.54, 1.807) is 37.4 Å². The first-order valence-electron chi connectivity index (χ1n) is 7.58. The molecule has 1 unspecified atom stereocenters. The van der Waals surface area contributed by atoms with Crippen molar-refractivity contribution in [3.8, 4) is 0 Å². The van der Waals surface area contributed by atoms with Gasteiger partial charge in [0, 0.05) is 18.7 Å². The number of sulfone groups is 1. The number of hydrogen-bond donors (Lipinski definition) is 1. The zero-order valence-corrected chi connectivity index (χ0v) is 15.0. The van der Waals surface area contributed by atoms with E-state index in [9.17, 15) is 22.8 Å². The van der Waals surface area contributed by atoms with Gasteiger partial charge < -0.3 is 4.90 Å². The molecule has 2 aliphatic rings. The van der Waals surface area contributed by atoms with Crippen molar-refractivity contribution in [2.75, 3.05) is 18.6 Å². The number of thioether (sulfide) groups is 1. The van der Waals surface area contributed by atoms with Gasteiger partial charge in [0.15, 0.2) is 9.84 Å². The molecule has 1 atom stereocenters. The highest BCUT2D eigenvalue weighted by Crippen LogP contribution is 2.26. The maximum Gasteiger partial charge on any atom is 0.290 e. The summed E-state index contributed by atoms with van der Waals surface area (Å²) in [5.74, 6) is -0.568. The monoisotopic (exact) mass is 380 g/mol. The zero-order valence-electron chi connectivity index (χ0n) is 13.4. The molecule has 0 aromatic heterocycles. The van der Waals surface area contributed by atoms with E-state index < -0.39 is 21.0 Å². The van der Waals surface area contributed by atoms with Crippen molar-refractivity contribution >= 4 is 44.7 Å². The molecule has 0 aliphatic carbocycles. The van der Waals surface area contributed by atoms with Gasteiger partial charge in [-0.05, 0) is 42.0 Å². The summed E-state index contributed by atoms with van der Waals surface area (Å²) >= 11 is 0.830. The fourth-order valence-corrected chi connectivity index (χ4v) is 5.20. The zero-order chi connectivity index (χ0) is 18.2. The SMILES string of the molecule is CN(C(=O)c1ccc(C=C2SC(=O)NC2=O)cc1)C1CCS(=O)(=O)C1. The van der Waals surface area contributed by atoms with Crippen molar-refractivity contribution in [1.29, 1.82) is 0 Å². The molecular weight excluding hydrogens is 364 g/mol. The average Bonchev–Trinajstić information content (AvgIpc) is 3.08. The van der Waals surface area contributed by atoms with Crippen molar-refractivity contribution in [2.24, 2.45) is 0 Å². The first kappa shape index (κ1) is 17.7. The Morgan fingerprint density at radius 1 is 1.28 bits per heavy atom. The summed E-state index contributed by atoms with van der Waals surface area (Å²) in [6, 6.07) is 6.29. The summed E-state index contributed by atoms with van der Waals surface area (Å²) in [6.45, 7) is 0. The third-order valence-electron chi connectivity index (χ3n) is 4.17. The second-order valence-electron chi connectivity index (χ2n) is 5.95. The van der Waals surface area contributed by atoms with E-state index in [4.69, 9.17) is 0 Å². The lowest BCUT2D eigenvalue weighted by atomic mass is 10.1. The highest BCUT2D eigenvalue weighted by molar-refractivity contribution is 8.18. The molecular formula is C16H16N2O5S2. The van der Waals surface area contributed by atoms with Gasteiger partial charge in [0.25, 0.3) is 17.1 Å². The number of nitrogens with one attached hydrogen (secondary N) is 1. The van der Waals surface area contributed by atoms with E-state index >= 15 is 0 Å². The van der Waals surface area contributed by atoms with Gasteiger partial charge in [0.2, 0.25) is 0 Å². The Morgan fingerprint density at radius 2 is 1.96 bits per heavy atom. The van der Waals surface area contributed by atoms with Crippen LogP contribution in [0.1, 0.15) is 22.3 Å². The van der Waals surface area contributed by atoms with Crippen LogP contribution in [-0.2, 0) is 14.6 Å². The Hall–Kier alpha value is -2.13. The van der Waals surface area contributed by atoms with Crippen LogP contribution in [0.4, 0.5) is 4.79 Å². The number of carbonyl (C=O) groups excluding carboxylic acids is 3. The van der Waals surface area contributed by atoms with Crippen LogP contribution in [0.2, 0.25) is 0 Å². The van der Waals surface area contributed by atoms with Crippen LogP contribution in [-0.4, -0.2) is 55.0 Å². The first-order chi connectivity index (χ1) is 11.7. The average molecular weight is 380 g/mol. The normalized spacial score (nSPS) is 23.7. The lowest BCUT2D eigenvalue weighted by Gasteiger charge is -2.23. The number of rotatable bonds is 3. The predicted octanol–water partition coefficient (Wildman–Crippen LogP) is 1.27. The second kappa shape index (κ2) is 6.64. The molecule has 132 valence electrons. The Bertz CT molecular complexity index is 874. The van der Waals surface area contributed by atoms with Gasteiger partial charge in [0.1, 0.15) is 0 Å². The van der Waals surface area contributed by atoms with Gasteiger partial charge in [-0.25, -0.2) is 8.42 Å². The summed E-state index contributed by atoms with van der Waals surface area (Å²) in [5.41, 5.74) is 1.13. The fourth-order valence-electron chi connectivity index (χ4n) is 2.74. The van der Waals surface area contributed by atoms with E-state index in [-0.39, 0.29) is 23.5 Å². The van der Waals surface area contributed by atoms with Gasteiger partial charge >= 0.3 is 0 Å². The molecule has 2 aliphatic heterocycles. The van der Waals surface area contributed by atoms with Gasteiger partial charge in [-0.15, -0.1) is 0 Å². The van der Waals surface area contributed by atoms with Crippen LogP contribution in [0.15, 0.2) is 29.2 Å². The Kier molecular flexibility index (Phi) is 4.70. The Labute approximate surface area is 149 Å². The van der Waals surface area contributed by atoms with Crippen LogP contribution in [0, 0.1) is 0 Å². The van der Waals surface area contributed by atoms with E-state index in [1.807, 2.05) is 0 Å². The topological polar surface area (TPSA) is 101 Å². The van der Waals surface area contributed by atoms with E-state index in [0.717, 1.165) is 11.8 Å². The molecule has 1 N–H and O–H groups in total. The van der Waals surface area contributed by atoms with E-state index in [1.165, 1.54) is 4.90 Å². The molecule has 3 rings (SSSR count). The maximum absolute atomic E-state index is 12.5. The van der Waals surface area contributed by atoms with Crippen LogP contribution < -0.4 is 5.32 Å². The number of benzene rings is 1. The molecule has 7 nitrogen and oxygen atoms in total. The summed E-state index contributed by atoms with van der Waals surface area (Å²) in [4.78, 5) is 36.9. The quantitative estimate of drug-likeness (QED) is 0.793. The Morgan fingerprint density at radius 3 is 2.48 bits per heavy atom. The molecule has 9 heteroatoms. The minimum atomic E-state index is -3.06. The highest BCUT2D eigenvalue weighted by Gasteiger charge is 2.33. The van der Waals surface area contributed by atoms with Crippen molar-refractivity contribution in [2.45, 2.75) is 12.5 Å². The minimum Gasteiger partial charge on any atom is -0.338 e. The summed E-state index contributed by atoms with van der Waals surface area (Å²) in [5, 5.41) is 1.77. The number of nitrogens with zero attached hydrogens (tertiary/aromatic N) is 1. The third kappa shape index (κ3) is 3.93. The summed E-state index contributed by atoms with van der Waals surface area (Å²) in [6.07, 6.45) is 2.03. The van der Waals surface area contributed by atoms with Crippen molar-refractivity contribution in [3.63, 3.8) is 0 Å². The predicted molar refractivity (Wildman–Crippen MR) is 94.7 cm³/mol. The molecule has 25 heavy (non-hydrogen) atoms. The van der Waals surface area contributed by atoms with Gasteiger partial charge in [-0.1, -0.05) is 12.1 Å². The second-order valence-corrected chi connectivity index (χ2v) is 9.19. The molecule has 0 bridgehead atoms. The largest absolute Gasteiger partial charge is 0.338 e. The molecule has 0 saturated carbocycles. The highest BCUT2D eigenvalue weighted by atomic mass is 32.2. The lowest BCUT2D eigenvalue weighted by Crippen LogP contribution is -2.37. The standard InChI is InChI=1S/C16H16N2O5S2/c1-18(12-6-7-25(22,23)9-12)15(20)11-4-2-10(3-5-11)8-13-14(19)17-16(21)24-13/h2-5,8,12H,6-7,9H2,1H3,(H,17,19,21). The van der Waals surface area contributed by atoms with E-state index in [0.29, 0.717) is 22.5 Å². The number of hydrogen-bond acceptors (Lipinski definition) is 6. The molecule has 0 radical (unpaired) electrons. The van der Waals surface area contributed by atoms with Crippen LogP contribution in [0.5, 0.6) is 0 Å². The summed E-state index contributed by atoms with van der Waals surface area (Å²) < 4.78 is 23.1. The molecule has 3 amide bonds. The van der Waals surface area contributed by atoms with Crippen molar-refractivity contribution < 1.29 is 22.8 Å². The van der Waals surface area contributed by atoms with Crippen LogP contribution >= 0.6 is 11.8 Å². The number of amides is 3. The van der Waals surface area contributed by atoms with Crippen LogP contribution in [0.3, 0.4) is 0 Å². The Balaban J connectivity index is 1.72. The van der Waals surface area contributed by atoms with Gasteiger partial charge in [0.05, 0.1) is 16.4 Å². The summed E-state index contributed by atoms with van der Waals surface area (Å²) in [7, 11) is -1.45. The maximum atomic E-state index is 12.5. The van der Waals surface area contributed by atoms with E-state index in [2.05, 4.69) is 5.32 Å². The van der Waals surface area contributed by atoms with Crippen molar-refractivity contribution in [3.05, 3.63) is 40.3 Å². The fraction of sp³-hybridized carbons (Fsp3) is 0.312. The van der Waals surface area contributed by atoms with Gasteiger partial charge in [-0.2, -0.15) is 0 Å². The molecule has 2 fully saturated rings. The molecule has 2 heterocycles. The molecule has 2 saturated heterocycles. The smallest absolute Gasteiger partial charge is 0.290 e. The third-order valence-corrected chi connectivity index (χ3v) is 6.73. The lowest BCUT2D eigenvalue weighted by molar-refractivity contribution is -0.115. The number of carbonyl (C=O) groups is 3. The minimum absolute atomic E-state index is 0.000214. The van der Waals surface area contributed by atoms with Crippen LogP contribution in [0.25, 0.3) is 6.08 Å². The van der Waals surface area contributed by atoms with Crippen molar-refractivity contribution in [1.82, 2.24) is 10.2 Å². The number of imide groups is 1. The molecule has 0 spiro atoms. The van der Waals surface area contributed by atoms with Gasteiger partial charge in [-0.3, -0.25) is 19.7 Å². The molecule has 1 aromatic carbocycles. The first-order valence-corrected chi connectivity index (χ1v) is 10.2.